The standard InChI is InChI=1S/C23H28N4OS/c1-15-13-20(23-24-9-12-29-23)26-22(25-15)18-7-10-27(11-8-18)14-19-5-6-21(28-4)17(3)16(19)2/h5-6,9,12-13,18H,7-8,10-11,14H2,1-4H3. The number of thiazole rings is 1. The Morgan fingerprint density at radius 1 is 1.10 bits per heavy atom. The van der Waals surface area contributed by atoms with E-state index in [1.54, 1.807) is 18.4 Å². The second-order valence-corrected chi connectivity index (χ2v) is 8.71. The first-order chi connectivity index (χ1) is 14.0. The zero-order chi connectivity index (χ0) is 20.4. The number of aromatic nitrogens is 3. The van der Waals surface area contributed by atoms with E-state index in [4.69, 9.17) is 14.7 Å². The van der Waals surface area contributed by atoms with Crippen molar-refractivity contribution in [2.45, 2.75) is 46.1 Å². The molecule has 29 heavy (non-hydrogen) atoms. The van der Waals surface area contributed by atoms with E-state index in [1.165, 1.54) is 16.7 Å². The van der Waals surface area contributed by atoms with Gasteiger partial charge in [0.2, 0.25) is 0 Å². The number of nitrogens with zero attached hydrogens (tertiary/aromatic N) is 4. The molecule has 0 bridgehead atoms. The van der Waals surface area contributed by atoms with Crippen molar-refractivity contribution in [2.75, 3.05) is 20.2 Å². The van der Waals surface area contributed by atoms with Gasteiger partial charge in [-0.1, -0.05) is 6.07 Å². The molecule has 1 fully saturated rings. The number of likely N-dealkylation sites (tertiary alicyclic amines) is 1. The van der Waals surface area contributed by atoms with Gasteiger partial charge in [0, 0.05) is 29.7 Å². The van der Waals surface area contributed by atoms with E-state index in [0.29, 0.717) is 5.92 Å². The van der Waals surface area contributed by atoms with Gasteiger partial charge in [0.1, 0.15) is 22.3 Å². The van der Waals surface area contributed by atoms with Crippen molar-refractivity contribution in [3.63, 3.8) is 0 Å². The number of rotatable bonds is 5. The second kappa shape index (κ2) is 8.59. The summed E-state index contributed by atoms with van der Waals surface area (Å²) in [5.41, 5.74) is 5.94. The van der Waals surface area contributed by atoms with E-state index < -0.39 is 0 Å². The van der Waals surface area contributed by atoms with Gasteiger partial charge in [-0.15, -0.1) is 11.3 Å². The van der Waals surface area contributed by atoms with Gasteiger partial charge in [0.05, 0.1) is 7.11 Å². The molecule has 1 aromatic carbocycles. The summed E-state index contributed by atoms with van der Waals surface area (Å²) in [5.74, 6) is 2.37. The predicted molar refractivity (Wildman–Crippen MR) is 118 cm³/mol. The zero-order valence-corrected chi connectivity index (χ0v) is 18.4. The average Bonchev–Trinajstić information content (AvgIpc) is 3.27. The SMILES string of the molecule is COc1ccc(CN2CCC(c3nc(C)cc(-c4nccs4)n3)CC2)c(C)c1C. The molecule has 0 radical (unpaired) electrons. The number of methoxy groups -OCH3 is 1. The van der Waals surface area contributed by atoms with Crippen LogP contribution in [0.4, 0.5) is 0 Å². The first-order valence-electron chi connectivity index (χ1n) is 10.2. The van der Waals surface area contributed by atoms with Crippen molar-refractivity contribution in [1.29, 1.82) is 0 Å². The molecule has 0 saturated carbocycles. The highest BCUT2D eigenvalue weighted by atomic mass is 32.1. The molecule has 0 N–H and O–H groups in total. The van der Waals surface area contributed by atoms with Gasteiger partial charge in [-0.05, 0) is 75.5 Å². The summed E-state index contributed by atoms with van der Waals surface area (Å²) >= 11 is 1.63. The van der Waals surface area contributed by atoms with E-state index in [-0.39, 0.29) is 0 Å². The minimum Gasteiger partial charge on any atom is -0.496 e. The molecule has 6 heteroatoms. The molecule has 0 amide bonds. The highest BCUT2D eigenvalue weighted by Crippen LogP contribution is 2.30. The Bertz CT molecular complexity index is 979. The third kappa shape index (κ3) is 4.33. The molecule has 0 spiro atoms. The lowest BCUT2D eigenvalue weighted by atomic mass is 9.94. The van der Waals surface area contributed by atoms with Crippen LogP contribution in [0.25, 0.3) is 10.7 Å². The molecule has 1 aliphatic rings. The topological polar surface area (TPSA) is 51.1 Å². The molecule has 152 valence electrons. The highest BCUT2D eigenvalue weighted by molar-refractivity contribution is 7.13. The Kier molecular flexibility index (Phi) is 5.92. The van der Waals surface area contributed by atoms with Crippen LogP contribution < -0.4 is 4.74 Å². The molecule has 3 aromatic rings. The molecule has 0 aliphatic carbocycles. The third-order valence-corrected chi connectivity index (χ3v) is 6.73. The van der Waals surface area contributed by atoms with E-state index in [9.17, 15) is 0 Å². The van der Waals surface area contributed by atoms with Crippen LogP contribution in [-0.4, -0.2) is 40.1 Å². The van der Waals surface area contributed by atoms with E-state index in [2.05, 4.69) is 35.9 Å². The molecule has 0 unspecified atom stereocenters. The van der Waals surface area contributed by atoms with Crippen molar-refractivity contribution in [3.8, 4) is 16.5 Å². The normalized spacial score (nSPS) is 15.6. The van der Waals surface area contributed by atoms with E-state index >= 15 is 0 Å². The Morgan fingerprint density at radius 2 is 1.90 bits per heavy atom. The number of benzene rings is 1. The van der Waals surface area contributed by atoms with Gasteiger partial charge in [0.25, 0.3) is 0 Å². The molecule has 3 heterocycles. The molecular weight excluding hydrogens is 380 g/mol. The number of ether oxygens (including phenoxy) is 1. The average molecular weight is 409 g/mol. The molecule has 1 saturated heterocycles. The van der Waals surface area contributed by atoms with Crippen LogP contribution in [0.3, 0.4) is 0 Å². The van der Waals surface area contributed by atoms with Crippen LogP contribution >= 0.6 is 11.3 Å². The van der Waals surface area contributed by atoms with Crippen molar-refractivity contribution >= 4 is 11.3 Å². The summed E-state index contributed by atoms with van der Waals surface area (Å²) in [6.07, 6.45) is 4.02. The van der Waals surface area contributed by atoms with Gasteiger partial charge in [0.15, 0.2) is 0 Å². The Labute approximate surface area is 176 Å². The van der Waals surface area contributed by atoms with Crippen molar-refractivity contribution in [3.05, 3.63) is 58.0 Å². The number of piperidine rings is 1. The molecule has 1 aliphatic heterocycles. The third-order valence-electron chi connectivity index (χ3n) is 5.94. The van der Waals surface area contributed by atoms with E-state index in [0.717, 1.165) is 60.4 Å². The fourth-order valence-electron chi connectivity index (χ4n) is 4.07. The Balaban J connectivity index is 1.43. The lowest BCUT2D eigenvalue weighted by molar-refractivity contribution is 0.201. The van der Waals surface area contributed by atoms with E-state index in [1.807, 2.05) is 24.6 Å². The zero-order valence-electron chi connectivity index (χ0n) is 17.6. The summed E-state index contributed by atoms with van der Waals surface area (Å²) < 4.78 is 5.45. The van der Waals surface area contributed by atoms with Gasteiger partial charge >= 0.3 is 0 Å². The molecule has 2 aromatic heterocycles. The highest BCUT2D eigenvalue weighted by Gasteiger charge is 2.24. The first-order valence-corrected chi connectivity index (χ1v) is 11.0. The summed E-state index contributed by atoms with van der Waals surface area (Å²) in [4.78, 5) is 16.6. The minimum atomic E-state index is 0.420. The fraction of sp³-hybridized carbons (Fsp3) is 0.435. The van der Waals surface area contributed by atoms with Gasteiger partial charge in [-0.3, -0.25) is 4.90 Å². The minimum absolute atomic E-state index is 0.420. The number of hydrogen-bond donors (Lipinski definition) is 0. The van der Waals surface area contributed by atoms with Crippen molar-refractivity contribution < 1.29 is 4.74 Å². The molecule has 0 atom stereocenters. The fourth-order valence-corrected chi connectivity index (χ4v) is 4.67. The Hall–Kier alpha value is -2.31. The summed E-state index contributed by atoms with van der Waals surface area (Å²) in [6, 6.07) is 6.33. The molecule has 4 rings (SSSR count). The van der Waals surface area contributed by atoms with Crippen LogP contribution in [0.5, 0.6) is 5.75 Å². The Morgan fingerprint density at radius 3 is 2.59 bits per heavy atom. The van der Waals surface area contributed by atoms with Crippen LogP contribution in [0.15, 0.2) is 29.8 Å². The monoisotopic (exact) mass is 408 g/mol. The number of hydrogen-bond acceptors (Lipinski definition) is 6. The summed E-state index contributed by atoms with van der Waals surface area (Å²) in [7, 11) is 1.74. The lowest BCUT2D eigenvalue weighted by Crippen LogP contribution is -2.33. The number of aryl methyl sites for hydroxylation is 1. The maximum Gasteiger partial charge on any atom is 0.141 e. The van der Waals surface area contributed by atoms with Crippen LogP contribution in [0.1, 0.15) is 47.0 Å². The maximum atomic E-state index is 5.45. The van der Waals surface area contributed by atoms with Gasteiger partial charge in [-0.25, -0.2) is 15.0 Å². The first kappa shape index (κ1) is 20.0. The van der Waals surface area contributed by atoms with Crippen molar-refractivity contribution in [2.24, 2.45) is 0 Å². The quantitative estimate of drug-likeness (QED) is 0.600. The largest absolute Gasteiger partial charge is 0.496 e. The summed E-state index contributed by atoms with van der Waals surface area (Å²) in [6.45, 7) is 9.51. The van der Waals surface area contributed by atoms with Crippen LogP contribution in [0, 0.1) is 20.8 Å². The molecular formula is C23H28N4OS. The van der Waals surface area contributed by atoms with Gasteiger partial charge < -0.3 is 4.74 Å². The smallest absolute Gasteiger partial charge is 0.141 e. The summed E-state index contributed by atoms with van der Waals surface area (Å²) in [5, 5.41) is 2.97. The van der Waals surface area contributed by atoms with Gasteiger partial charge in [-0.2, -0.15) is 0 Å². The van der Waals surface area contributed by atoms with Crippen LogP contribution in [0.2, 0.25) is 0 Å². The molecule has 5 nitrogen and oxygen atoms in total. The lowest BCUT2D eigenvalue weighted by Gasteiger charge is -2.32. The predicted octanol–water partition coefficient (Wildman–Crippen LogP) is 4.91. The van der Waals surface area contributed by atoms with Crippen molar-refractivity contribution in [1.82, 2.24) is 19.9 Å². The van der Waals surface area contributed by atoms with Crippen LogP contribution in [-0.2, 0) is 6.54 Å². The second-order valence-electron chi connectivity index (χ2n) is 7.82. The maximum absolute atomic E-state index is 5.45.